The highest BCUT2D eigenvalue weighted by Gasteiger charge is 2.21. The van der Waals surface area contributed by atoms with Crippen LogP contribution in [0.15, 0.2) is 58.9 Å². The molecular weight excluding hydrogens is 452 g/mol. The van der Waals surface area contributed by atoms with E-state index in [4.69, 9.17) is 9.47 Å². The number of esters is 2. The molecule has 0 radical (unpaired) electrons. The molecule has 33 heavy (non-hydrogen) atoms. The van der Waals surface area contributed by atoms with E-state index in [0.717, 1.165) is 17.8 Å². The molecule has 12 heteroatoms. The lowest BCUT2D eigenvalue weighted by molar-refractivity contribution is -0.387. The average Bonchev–Trinajstić information content (AvgIpc) is 3.22. The van der Waals surface area contributed by atoms with Crippen LogP contribution in [0.25, 0.3) is 6.08 Å². The quantitative estimate of drug-likeness (QED) is 0.159. The minimum atomic E-state index is -0.801. The van der Waals surface area contributed by atoms with Gasteiger partial charge in [0.05, 0.1) is 29.6 Å². The smallest absolute Gasteiger partial charge is 0.343 e. The maximum atomic E-state index is 12.7. The van der Waals surface area contributed by atoms with Crippen molar-refractivity contribution < 1.29 is 28.7 Å². The van der Waals surface area contributed by atoms with Gasteiger partial charge in [-0.2, -0.15) is 0 Å². The number of carbonyl (C=O) groups is 2. The Kier molecular flexibility index (Phi) is 7.41. The zero-order chi connectivity index (χ0) is 24.0. The number of ether oxygens (including phenoxy) is 3. The number of benzene rings is 2. The van der Waals surface area contributed by atoms with E-state index < -0.39 is 16.9 Å². The van der Waals surface area contributed by atoms with Crippen molar-refractivity contribution in [1.82, 2.24) is 14.8 Å². The van der Waals surface area contributed by atoms with Crippen molar-refractivity contribution in [3.05, 3.63) is 70.0 Å². The first-order valence-electron chi connectivity index (χ1n) is 9.29. The van der Waals surface area contributed by atoms with Gasteiger partial charge in [0.2, 0.25) is 0 Å². The highest BCUT2D eigenvalue weighted by molar-refractivity contribution is 7.99. The molecule has 0 aliphatic rings. The first kappa shape index (κ1) is 23.5. The molecule has 0 spiro atoms. The van der Waals surface area contributed by atoms with E-state index >= 15 is 0 Å². The van der Waals surface area contributed by atoms with Crippen molar-refractivity contribution >= 4 is 35.5 Å². The van der Waals surface area contributed by atoms with Crippen molar-refractivity contribution in [2.45, 2.75) is 10.1 Å². The summed E-state index contributed by atoms with van der Waals surface area (Å²) >= 11 is 1.05. The van der Waals surface area contributed by atoms with Crippen LogP contribution < -0.4 is 9.47 Å². The number of methoxy groups -OCH3 is 2. The highest BCUT2D eigenvalue weighted by Crippen LogP contribution is 2.35. The summed E-state index contributed by atoms with van der Waals surface area (Å²) in [5.41, 5.74) is 0.325. The van der Waals surface area contributed by atoms with Gasteiger partial charge in [-0.3, -0.25) is 10.1 Å². The summed E-state index contributed by atoms with van der Waals surface area (Å²) in [4.78, 5) is 35.2. The predicted molar refractivity (Wildman–Crippen MR) is 117 cm³/mol. The molecule has 0 unspecified atom stereocenters. The molecule has 0 saturated carbocycles. The van der Waals surface area contributed by atoms with Gasteiger partial charge in [-0.1, -0.05) is 6.07 Å². The fourth-order valence-electron chi connectivity index (χ4n) is 2.60. The summed E-state index contributed by atoms with van der Waals surface area (Å²) in [6.07, 6.45) is 4.22. The maximum Gasteiger partial charge on any atom is 0.343 e. The zero-order valence-corrected chi connectivity index (χ0v) is 18.6. The normalized spacial score (nSPS) is 10.8. The van der Waals surface area contributed by atoms with E-state index in [1.807, 2.05) is 0 Å². The van der Waals surface area contributed by atoms with Gasteiger partial charge in [0.25, 0.3) is 5.69 Å². The number of aromatic nitrogens is 3. The molecule has 0 amide bonds. The number of carbonyl (C=O) groups excluding carboxylic acids is 2. The van der Waals surface area contributed by atoms with E-state index in [9.17, 15) is 19.7 Å². The standard InChI is InChI=1S/C21H18N4O7S/c1-24-12-22-23-21(24)33-18-8-6-14(11-15(18)25(28)29)20(27)32-16-7-4-13(10-17(16)30-2)5-9-19(26)31-3/h4-12H,1-3H3/b9-5+. The molecule has 3 aromatic rings. The van der Waals surface area contributed by atoms with Crippen LogP contribution in [0.1, 0.15) is 15.9 Å². The average molecular weight is 470 g/mol. The molecule has 0 aliphatic heterocycles. The number of hydrogen-bond donors (Lipinski definition) is 0. The Morgan fingerprint density at radius 2 is 1.94 bits per heavy atom. The lowest BCUT2D eigenvalue weighted by atomic mass is 10.1. The van der Waals surface area contributed by atoms with Crippen molar-refractivity contribution in [1.29, 1.82) is 0 Å². The van der Waals surface area contributed by atoms with Gasteiger partial charge in [-0.15, -0.1) is 10.2 Å². The molecule has 0 aliphatic carbocycles. The number of nitrogens with zero attached hydrogens (tertiary/aromatic N) is 4. The van der Waals surface area contributed by atoms with Gasteiger partial charge in [0.15, 0.2) is 16.7 Å². The van der Waals surface area contributed by atoms with Gasteiger partial charge in [0, 0.05) is 19.2 Å². The second-order valence-electron chi connectivity index (χ2n) is 6.42. The van der Waals surface area contributed by atoms with Gasteiger partial charge < -0.3 is 18.8 Å². The Morgan fingerprint density at radius 1 is 1.15 bits per heavy atom. The molecule has 2 aromatic carbocycles. The van der Waals surface area contributed by atoms with Crippen LogP contribution in [0.2, 0.25) is 0 Å². The van der Waals surface area contributed by atoms with Gasteiger partial charge >= 0.3 is 11.9 Å². The van der Waals surface area contributed by atoms with Crippen LogP contribution in [0.4, 0.5) is 5.69 Å². The third kappa shape index (κ3) is 5.74. The fourth-order valence-corrected chi connectivity index (χ4v) is 3.45. The highest BCUT2D eigenvalue weighted by atomic mass is 32.2. The molecular formula is C21H18N4O7S. The third-order valence-corrected chi connectivity index (χ3v) is 5.38. The lowest BCUT2D eigenvalue weighted by Gasteiger charge is -2.10. The summed E-state index contributed by atoms with van der Waals surface area (Å²) in [7, 11) is 4.37. The van der Waals surface area contributed by atoms with E-state index in [1.54, 1.807) is 23.7 Å². The molecule has 3 rings (SSSR count). The fraction of sp³-hybridized carbons (Fsp3) is 0.143. The van der Waals surface area contributed by atoms with Crippen LogP contribution in [0.5, 0.6) is 11.5 Å². The monoisotopic (exact) mass is 470 g/mol. The van der Waals surface area contributed by atoms with E-state index in [-0.39, 0.29) is 22.7 Å². The Balaban J connectivity index is 1.83. The first-order valence-corrected chi connectivity index (χ1v) is 10.1. The van der Waals surface area contributed by atoms with E-state index in [2.05, 4.69) is 14.9 Å². The summed E-state index contributed by atoms with van der Waals surface area (Å²) in [6.45, 7) is 0. The number of nitro groups is 1. The van der Waals surface area contributed by atoms with Crippen LogP contribution in [-0.2, 0) is 16.6 Å². The van der Waals surface area contributed by atoms with Crippen LogP contribution in [-0.4, -0.2) is 45.8 Å². The second-order valence-corrected chi connectivity index (χ2v) is 7.43. The molecule has 1 aromatic heterocycles. The molecule has 170 valence electrons. The molecule has 0 N–H and O–H groups in total. The lowest BCUT2D eigenvalue weighted by Crippen LogP contribution is -2.10. The minimum absolute atomic E-state index is 0.0132. The van der Waals surface area contributed by atoms with Gasteiger partial charge in [0.1, 0.15) is 6.33 Å². The summed E-state index contributed by atoms with van der Waals surface area (Å²) < 4.78 is 16.8. The third-order valence-electron chi connectivity index (χ3n) is 4.27. The van der Waals surface area contributed by atoms with Crippen LogP contribution in [0.3, 0.4) is 0 Å². The van der Waals surface area contributed by atoms with Gasteiger partial charge in [-0.05, 0) is 47.7 Å². The van der Waals surface area contributed by atoms with Crippen LogP contribution >= 0.6 is 11.8 Å². The number of rotatable bonds is 8. The second kappa shape index (κ2) is 10.4. The Labute approximate surface area is 192 Å². The first-order chi connectivity index (χ1) is 15.8. The van der Waals surface area contributed by atoms with Crippen LogP contribution in [0, 0.1) is 10.1 Å². The summed E-state index contributed by atoms with van der Waals surface area (Å²) in [6, 6.07) is 8.67. The van der Waals surface area contributed by atoms with E-state index in [1.165, 1.54) is 50.9 Å². The molecule has 0 saturated heterocycles. The molecule has 0 fully saturated rings. The van der Waals surface area contributed by atoms with Gasteiger partial charge in [-0.25, -0.2) is 9.59 Å². The zero-order valence-electron chi connectivity index (χ0n) is 17.8. The minimum Gasteiger partial charge on any atom is -0.493 e. The Bertz CT molecular complexity index is 1240. The largest absolute Gasteiger partial charge is 0.493 e. The summed E-state index contributed by atoms with van der Waals surface area (Å²) in [5, 5.41) is 19.7. The van der Waals surface area contributed by atoms with E-state index in [0.29, 0.717) is 15.6 Å². The predicted octanol–water partition coefficient (Wildman–Crippen LogP) is 3.29. The molecule has 0 bridgehead atoms. The molecule has 0 atom stereocenters. The Morgan fingerprint density at radius 3 is 2.58 bits per heavy atom. The Hall–Kier alpha value is -4.19. The van der Waals surface area contributed by atoms with Crippen molar-refractivity contribution in [3.8, 4) is 11.5 Å². The molecule has 11 nitrogen and oxygen atoms in total. The van der Waals surface area contributed by atoms with Crippen molar-refractivity contribution in [3.63, 3.8) is 0 Å². The number of hydrogen-bond acceptors (Lipinski definition) is 10. The summed E-state index contributed by atoms with van der Waals surface area (Å²) in [5.74, 6) is -0.978. The van der Waals surface area contributed by atoms with Crippen molar-refractivity contribution in [2.75, 3.05) is 14.2 Å². The maximum absolute atomic E-state index is 12.7. The molecule has 1 heterocycles. The number of aryl methyl sites for hydroxylation is 1. The SMILES string of the molecule is COC(=O)/C=C/c1ccc(OC(=O)c2ccc(Sc3nncn3C)c([N+](=O)[O-])c2)c(OC)c1. The van der Waals surface area contributed by atoms with Crippen molar-refractivity contribution in [2.24, 2.45) is 7.05 Å². The topological polar surface area (TPSA) is 136 Å². The number of nitro benzene ring substituents is 1.